The van der Waals surface area contributed by atoms with Crippen molar-refractivity contribution < 1.29 is 23.9 Å². The predicted octanol–water partition coefficient (Wildman–Crippen LogP) is -0.0113. The maximum Gasteiger partial charge on any atom is 0.243 e. The number of H-pyrrole nitrogens is 1. The Kier molecular flexibility index (Phi) is 9.68. The summed E-state index contributed by atoms with van der Waals surface area (Å²) in [5.74, 6) is -1.71. The number of carbonyl (C=O) groups excluding carboxylic acids is 4. The lowest BCUT2D eigenvalue weighted by molar-refractivity contribution is -0.130. The third-order valence-electron chi connectivity index (χ3n) is 4.70. The second kappa shape index (κ2) is 12.5. The highest BCUT2D eigenvalue weighted by Gasteiger charge is 2.22. The van der Waals surface area contributed by atoms with E-state index in [-0.39, 0.29) is 37.4 Å². The van der Waals surface area contributed by atoms with Crippen LogP contribution < -0.4 is 21.3 Å². The van der Waals surface area contributed by atoms with E-state index in [1.807, 2.05) is 38.1 Å². The molecular formula is C22H31N5O5. The van der Waals surface area contributed by atoms with Crippen molar-refractivity contribution in [1.82, 2.24) is 26.3 Å². The Morgan fingerprint density at radius 3 is 2.44 bits per heavy atom. The first-order valence-electron chi connectivity index (χ1n) is 10.5. The van der Waals surface area contributed by atoms with Gasteiger partial charge in [0.15, 0.2) is 0 Å². The van der Waals surface area contributed by atoms with Crippen LogP contribution in [-0.2, 0) is 30.3 Å². The molecule has 32 heavy (non-hydrogen) atoms. The summed E-state index contributed by atoms with van der Waals surface area (Å²) >= 11 is 0. The van der Waals surface area contributed by atoms with Crippen molar-refractivity contribution in [3.05, 3.63) is 36.0 Å². The average molecular weight is 446 g/mol. The van der Waals surface area contributed by atoms with Crippen LogP contribution in [0.5, 0.6) is 0 Å². The molecule has 0 spiro atoms. The molecule has 1 heterocycles. The van der Waals surface area contributed by atoms with Crippen LogP contribution in [0.2, 0.25) is 0 Å². The van der Waals surface area contributed by atoms with Gasteiger partial charge in [0.25, 0.3) is 0 Å². The number of aromatic nitrogens is 1. The fourth-order valence-corrected chi connectivity index (χ4v) is 3.17. The minimum Gasteiger partial charge on any atom is -0.377 e. The number of benzene rings is 1. The first-order valence-corrected chi connectivity index (χ1v) is 10.5. The number of hydrogen-bond acceptors (Lipinski definition) is 5. The second-order valence-electron chi connectivity index (χ2n) is 7.38. The summed E-state index contributed by atoms with van der Waals surface area (Å²) in [5.41, 5.74) is 1.80. The van der Waals surface area contributed by atoms with Crippen molar-refractivity contribution in [2.75, 3.05) is 26.2 Å². The number of para-hydroxylation sites is 1. The number of rotatable bonds is 12. The van der Waals surface area contributed by atoms with Crippen LogP contribution in [0.15, 0.2) is 30.5 Å². The first-order chi connectivity index (χ1) is 15.3. The minimum atomic E-state index is -0.845. The summed E-state index contributed by atoms with van der Waals surface area (Å²) in [6, 6.07) is 6.80. The zero-order valence-corrected chi connectivity index (χ0v) is 18.6. The van der Waals surface area contributed by atoms with Crippen LogP contribution in [0.3, 0.4) is 0 Å². The molecule has 1 aromatic carbocycles. The zero-order valence-electron chi connectivity index (χ0n) is 18.6. The lowest BCUT2D eigenvalue weighted by Gasteiger charge is -2.17. The lowest BCUT2D eigenvalue weighted by atomic mass is 10.0. The van der Waals surface area contributed by atoms with E-state index in [2.05, 4.69) is 26.3 Å². The van der Waals surface area contributed by atoms with Crippen LogP contribution >= 0.6 is 0 Å². The van der Waals surface area contributed by atoms with Gasteiger partial charge < -0.3 is 31.0 Å². The van der Waals surface area contributed by atoms with Gasteiger partial charge in [-0.05, 0) is 25.5 Å². The number of amides is 4. The summed E-state index contributed by atoms with van der Waals surface area (Å²) in [6.07, 6.45) is 1.93. The number of ether oxygens (including phenoxy) is 1. The van der Waals surface area contributed by atoms with E-state index in [1.165, 1.54) is 6.92 Å². The van der Waals surface area contributed by atoms with E-state index in [9.17, 15) is 19.2 Å². The van der Waals surface area contributed by atoms with Crippen molar-refractivity contribution in [3.63, 3.8) is 0 Å². The topological polar surface area (TPSA) is 141 Å². The first kappa shape index (κ1) is 24.9. The number of aromatic amines is 1. The van der Waals surface area contributed by atoms with Gasteiger partial charge in [-0.3, -0.25) is 19.2 Å². The van der Waals surface area contributed by atoms with Gasteiger partial charge in [-0.25, -0.2) is 0 Å². The maximum absolute atomic E-state index is 12.6. The summed E-state index contributed by atoms with van der Waals surface area (Å²) in [5, 5.41) is 11.2. The normalized spacial score (nSPS) is 12.6. The highest BCUT2D eigenvalue weighted by molar-refractivity contribution is 5.92. The van der Waals surface area contributed by atoms with Crippen LogP contribution in [0.4, 0.5) is 0 Å². The minimum absolute atomic E-state index is 0.123. The number of fused-ring (bicyclic) bond motifs is 1. The molecule has 174 valence electrons. The molecule has 0 fully saturated rings. The molecule has 0 radical (unpaired) electrons. The molecule has 0 unspecified atom stereocenters. The van der Waals surface area contributed by atoms with Crippen LogP contribution in [0.25, 0.3) is 10.9 Å². The molecule has 0 bridgehead atoms. The highest BCUT2D eigenvalue weighted by atomic mass is 16.5. The molecule has 1 aromatic heterocycles. The van der Waals surface area contributed by atoms with Crippen LogP contribution in [0.1, 0.15) is 26.3 Å². The number of carbonyl (C=O) groups is 4. The summed E-state index contributed by atoms with van der Waals surface area (Å²) in [6.45, 7) is 5.39. The van der Waals surface area contributed by atoms with Crippen molar-refractivity contribution in [1.29, 1.82) is 0 Å². The maximum atomic E-state index is 12.6. The molecular weight excluding hydrogens is 414 g/mol. The van der Waals surface area contributed by atoms with Gasteiger partial charge in [-0.2, -0.15) is 0 Å². The molecule has 10 heteroatoms. The molecule has 2 rings (SSSR count). The summed E-state index contributed by atoms with van der Waals surface area (Å²) in [7, 11) is 0. The number of hydrogen-bond donors (Lipinski definition) is 5. The Balaban J connectivity index is 1.83. The Labute approximate surface area is 186 Å². The predicted molar refractivity (Wildman–Crippen MR) is 120 cm³/mol. The largest absolute Gasteiger partial charge is 0.377 e. The molecule has 0 aliphatic heterocycles. The van der Waals surface area contributed by atoms with Crippen LogP contribution in [0, 0.1) is 0 Å². The van der Waals surface area contributed by atoms with Crippen molar-refractivity contribution in [2.45, 2.75) is 39.3 Å². The molecule has 2 aromatic rings. The Hall–Kier alpha value is -3.40. The fraction of sp³-hybridized carbons (Fsp3) is 0.455. The van der Waals surface area contributed by atoms with E-state index in [0.29, 0.717) is 13.2 Å². The highest BCUT2D eigenvalue weighted by Crippen LogP contribution is 2.19. The smallest absolute Gasteiger partial charge is 0.243 e. The Morgan fingerprint density at radius 1 is 1.03 bits per heavy atom. The van der Waals surface area contributed by atoms with E-state index < -0.39 is 17.9 Å². The van der Waals surface area contributed by atoms with Gasteiger partial charge in [-0.1, -0.05) is 18.2 Å². The third-order valence-corrected chi connectivity index (χ3v) is 4.70. The quantitative estimate of drug-likeness (QED) is 0.312. The average Bonchev–Trinajstić information content (AvgIpc) is 3.17. The van der Waals surface area contributed by atoms with Gasteiger partial charge in [-0.15, -0.1) is 0 Å². The molecule has 4 amide bonds. The molecule has 0 aliphatic rings. The van der Waals surface area contributed by atoms with E-state index >= 15 is 0 Å². The molecule has 2 atom stereocenters. The number of nitrogens with one attached hydrogen (secondary N) is 5. The van der Waals surface area contributed by atoms with E-state index in [0.717, 1.165) is 16.5 Å². The molecule has 0 aliphatic carbocycles. The Bertz CT molecular complexity index is 942. The zero-order chi connectivity index (χ0) is 23.5. The van der Waals surface area contributed by atoms with Gasteiger partial charge in [0.2, 0.25) is 23.6 Å². The SMILES string of the molecule is CCO[C@H](C)CNC(=O)CNC(=O)CNC(=O)[C@H](Cc1c[nH]c2ccccc12)NC(C)=O. The van der Waals surface area contributed by atoms with Crippen molar-refractivity contribution >= 4 is 34.5 Å². The fourth-order valence-electron chi connectivity index (χ4n) is 3.17. The van der Waals surface area contributed by atoms with Crippen molar-refractivity contribution in [3.8, 4) is 0 Å². The Morgan fingerprint density at radius 2 is 1.72 bits per heavy atom. The molecule has 10 nitrogen and oxygen atoms in total. The van der Waals surface area contributed by atoms with Gasteiger partial charge in [0.05, 0.1) is 19.2 Å². The van der Waals surface area contributed by atoms with E-state index in [4.69, 9.17) is 4.74 Å². The monoisotopic (exact) mass is 445 g/mol. The third kappa shape index (κ3) is 8.03. The lowest BCUT2D eigenvalue weighted by Crippen LogP contribution is -2.50. The molecule has 5 N–H and O–H groups in total. The van der Waals surface area contributed by atoms with Crippen molar-refractivity contribution in [2.24, 2.45) is 0 Å². The molecule has 0 saturated carbocycles. The van der Waals surface area contributed by atoms with Gasteiger partial charge in [0, 0.05) is 43.6 Å². The summed E-state index contributed by atoms with van der Waals surface area (Å²) in [4.78, 5) is 51.1. The van der Waals surface area contributed by atoms with Gasteiger partial charge in [0.1, 0.15) is 6.04 Å². The molecule has 0 saturated heterocycles. The summed E-state index contributed by atoms with van der Waals surface area (Å²) < 4.78 is 5.31. The second-order valence-corrected chi connectivity index (χ2v) is 7.38. The van der Waals surface area contributed by atoms with E-state index in [1.54, 1.807) is 6.20 Å². The van der Waals surface area contributed by atoms with Crippen LogP contribution in [-0.4, -0.2) is 67.0 Å². The standard InChI is InChI=1S/C22H31N5O5/c1-4-32-14(2)10-24-20(29)12-25-21(30)13-26-22(31)19(27-15(3)28)9-16-11-23-18-8-6-5-7-17(16)18/h5-8,11,14,19,23H,4,9-10,12-13H2,1-3H3,(H,24,29)(H,25,30)(H,26,31)(H,27,28)/t14-,19+/m1/s1. The van der Waals surface area contributed by atoms with Gasteiger partial charge >= 0.3 is 0 Å².